The van der Waals surface area contributed by atoms with Crippen LogP contribution in [0.4, 0.5) is 0 Å². The van der Waals surface area contributed by atoms with Crippen molar-refractivity contribution in [3.8, 4) is 0 Å². The van der Waals surface area contributed by atoms with E-state index in [4.69, 9.17) is 0 Å². The van der Waals surface area contributed by atoms with Gasteiger partial charge in [0.25, 0.3) is 0 Å². The van der Waals surface area contributed by atoms with Gasteiger partial charge in [-0.1, -0.05) is 24.3 Å². The Morgan fingerprint density at radius 3 is 1.67 bits per heavy atom. The molecule has 1 aliphatic carbocycles. The van der Waals surface area contributed by atoms with Crippen molar-refractivity contribution in [2.24, 2.45) is 0 Å². The van der Waals surface area contributed by atoms with E-state index in [0.29, 0.717) is 0 Å². The Hall–Kier alpha value is 0.857. The minimum Gasteiger partial charge on any atom is -0.0808 e. The number of allylic oxidation sites excluding steroid dienone is 4. The molecule has 30 valence electrons. The first-order chi connectivity index (χ1) is 2.50. The predicted molar refractivity (Wildman–Crippen MR) is 22.9 cm³/mol. The molecular formula is C5H6Ce. The molecule has 0 atom stereocenters. The van der Waals surface area contributed by atoms with Gasteiger partial charge in [0.1, 0.15) is 0 Å². The molecule has 0 saturated carbocycles. The van der Waals surface area contributed by atoms with E-state index >= 15 is 0 Å². The molecule has 6 heavy (non-hydrogen) atoms. The van der Waals surface area contributed by atoms with E-state index in [9.17, 15) is 0 Å². The van der Waals surface area contributed by atoms with Crippen LogP contribution in [-0.4, -0.2) is 0 Å². The van der Waals surface area contributed by atoms with Crippen molar-refractivity contribution in [2.45, 2.75) is 6.42 Å². The van der Waals surface area contributed by atoms with Crippen LogP contribution in [0.25, 0.3) is 0 Å². The van der Waals surface area contributed by atoms with E-state index < -0.39 is 0 Å². The van der Waals surface area contributed by atoms with Crippen LogP contribution in [0, 0.1) is 41.7 Å². The molecule has 0 heterocycles. The summed E-state index contributed by atoms with van der Waals surface area (Å²) >= 11 is 0. The molecule has 0 aromatic carbocycles. The fraction of sp³-hybridized carbons (Fsp3) is 0.200. The fourth-order valence-corrected chi connectivity index (χ4v) is 0.393. The van der Waals surface area contributed by atoms with Gasteiger partial charge in [-0.05, 0) is 6.42 Å². The maximum Gasteiger partial charge on any atom is 0 e. The quantitative estimate of drug-likeness (QED) is 0.563. The predicted octanol–water partition coefficient (Wildman–Crippen LogP) is 1.50. The van der Waals surface area contributed by atoms with Gasteiger partial charge in [-0.2, -0.15) is 0 Å². The summed E-state index contributed by atoms with van der Waals surface area (Å²) in [6.07, 6.45) is 9.50. The molecule has 0 radical (unpaired) electrons. The Bertz CT molecular complexity index is 62.0. The first kappa shape index (κ1) is 6.86. The minimum absolute atomic E-state index is 0. The topological polar surface area (TPSA) is 0 Å². The summed E-state index contributed by atoms with van der Waals surface area (Å²) in [7, 11) is 0. The van der Waals surface area contributed by atoms with Gasteiger partial charge in [-0.15, -0.1) is 0 Å². The van der Waals surface area contributed by atoms with Crippen molar-refractivity contribution in [3.05, 3.63) is 24.3 Å². The molecule has 0 unspecified atom stereocenters. The summed E-state index contributed by atoms with van der Waals surface area (Å²) in [5.74, 6) is 0. The summed E-state index contributed by atoms with van der Waals surface area (Å²) in [6, 6.07) is 0. The molecule has 1 rings (SSSR count). The van der Waals surface area contributed by atoms with Crippen LogP contribution in [0.2, 0.25) is 0 Å². The second-order valence-electron chi connectivity index (χ2n) is 1.09. The van der Waals surface area contributed by atoms with Gasteiger partial charge in [0.05, 0.1) is 0 Å². The molecule has 0 spiro atoms. The fourth-order valence-electron chi connectivity index (χ4n) is 0.393. The van der Waals surface area contributed by atoms with E-state index in [1.807, 2.05) is 0 Å². The summed E-state index contributed by atoms with van der Waals surface area (Å²) in [5, 5.41) is 0. The van der Waals surface area contributed by atoms with Crippen molar-refractivity contribution in [2.75, 3.05) is 0 Å². The smallest absolute Gasteiger partial charge is 0 e. The van der Waals surface area contributed by atoms with Crippen LogP contribution in [0.5, 0.6) is 0 Å². The van der Waals surface area contributed by atoms with Gasteiger partial charge in [-0.3, -0.25) is 0 Å². The Morgan fingerprint density at radius 1 is 1.00 bits per heavy atom. The van der Waals surface area contributed by atoms with Crippen LogP contribution in [0.15, 0.2) is 24.3 Å². The second kappa shape index (κ2) is 4.03. The van der Waals surface area contributed by atoms with Crippen molar-refractivity contribution in [3.63, 3.8) is 0 Å². The van der Waals surface area contributed by atoms with Gasteiger partial charge in [0.2, 0.25) is 0 Å². The molecule has 0 aromatic rings. The molecule has 0 saturated heterocycles. The largest absolute Gasteiger partial charge is 0.0808 e. The third-order valence-electron chi connectivity index (χ3n) is 0.655. The molecule has 0 aromatic heterocycles. The van der Waals surface area contributed by atoms with Crippen LogP contribution in [0.3, 0.4) is 0 Å². The molecule has 0 aliphatic heterocycles. The SMILES string of the molecule is C1=CCC=C1.[Ce]. The molecular weight excluding hydrogens is 200 g/mol. The van der Waals surface area contributed by atoms with Crippen LogP contribution >= 0.6 is 0 Å². The Labute approximate surface area is 71.7 Å². The maximum atomic E-state index is 2.12. The van der Waals surface area contributed by atoms with Crippen molar-refractivity contribution < 1.29 is 41.7 Å². The number of rotatable bonds is 0. The van der Waals surface area contributed by atoms with Crippen LogP contribution < -0.4 is 0 Å². The van der Waals surface area contributed by atoms with Gasteiger partial charge in [-0.25, -0.2) is 0 Å². The van der Waals surface area contributed by atoms with Crippen LogP contribution in [0.1, 0.15) is 6.42 Å². The van der Waals surface area contributed by atoms with Crippen molar-refractivity contribution in [1.82, 2.24) is 0 Å². The molecule has 1 aliphatic rings. The third-order valence-corrected chi connectivity index (χ3v) is 0.655. The molecule has 0 amide bonds. The van der Waals surface area contributed by atoms with E-state index in [-0.39, 0.29) is 41.7 Å². The molecule has 0 N–H and O–H groups in total. The molecule has 0 bridgehead atoms. The zero-order valence-corrected chi connectivity index (χ0v) is 6.66. The molecule has 1 heteroatoms. The van der Waals surface area contributed by atoms with Crippen LogP contribution in [-0.2, 0) is 0 Å². The summed E-state index contributed by atoms with van der Waals surface area (Å²) < 4.78 is 0. The van der Waals surface area contributed by atoms with Crippen molar-refractivity contribution in [1.29, 1.82) is 0 Å². The first-order valence-corrected chi connectivity index (χ1v) is 1.82. The average Bonchev–Trinajstić information content (AvgIpc) is 1.76. The monoisotopic (exact) mass is 206 g/mol. The second-order valence-corrected chi connectivity index (χ2v) is 1.09. The van der Waals surface area contributed by atoms with E-state index in [1.165, 1.54) is 0 Å². The third kappa shape index (κ3) is 2.11. The summed E-state index contributed by atoms with van der Waals surface area (Å²) in [5.41, 5.74) is 0. The number of hydrogen-bond donors (Lipinski definition) is 0. The molecule has 0 nitrogen and oxygen atoms in total. The van der Waals surface area contributed by atoms with E-state index in [2.05, 4.69) is 24.3 Å². The Kier molecular flexibility index (Phi) is 4.60. The Morgan fingerprint density at radius 2 is 1.50 bits per heavy atom. The summed E-state index contributed by atoms with van der Waals surface area (Å²) in [4.78, 5) is 0. The van der Waals surface area contributed by atoms with Gasteiger partial charge >= 0.3 is 0 Å². The van der Waals surface area contributed by atoms with E-state index in [1.54, 1.807) is 0 Å². The van der Waals surface area contributed by atoms with E-state index in [0.717, 1.165) is 6.42 Å². The summed E-state index contributed by atoms with van der Waals surface area (Å²) in [6.45, 7) is 0. The minimum atomic E-state index is 0. The van der Waals surface area contributed by atoms with Crippen molar-refractivity contribution >= 4 is 0 Å². The number of hydrogen-bond acceptors (Lipinski definition) is 0. The first-order valence-electron chi connectivity index (χ1n) is 1.82. The average molecular weight is 206 g/mol. The van der Waals surface area contributed by atoms with Gasteiger partial charge < -0.3 is 0 Å². The normalized spacial score (nSPS) is 14.7. The molecule has 0 fully saturated rings. The van der Waals surface area contributed by atoms with Gasteiger partial charge in [0.15, 0.2) is 0 Å². The standard InChI is InChI=1S/C5H6.Ce/c1-2-4-5-3-1;/h1-4H,5H2;. The maximum absolute atomic E-state index is 2.12. The Balaban J connectivity index is 0.000000250. The zero-order valence-electron chi connectivity index (χ0n) is 3.52. The van der Waals surface area contributed by atoms with Gasteiger partial charge in [0, 0.05) is 41.7 Å². The zero-order chi connectivity index (χ0) is 3.54.